The van der Waals surface area contributed by atoms with Crippen LogP contribution in [-0.4, -0.2) is 10.7 Å². The number of rotatable bonds is 1. The van der Waals surface area contributed by atoms with Crippen LogP contribution in [0.5, 0.6) is 0 Å². The van der Waals surface area contributed by atoms with Crippen LogP contribution in [0.1, 0.15) is 40.0 Å². The van der Waals surface area contributed by atoms with E-state index in [1.807, 2.05) is 13.8 Å². The lowest BCUT2D eigenvalue weighted by Gasteiger charge is -2.44. The van der Waals surface area contributed by atoms with E-state index in [0.29, 0.717) is 11.8 Å². The molecule has 0 aromatic rings. The second kappa shape index (κ2) is 3.92. The molecule has 1 heterocycles. The SMILES string of the molecule is CC(C)(O)[C@@H]1CC[C@@]2(C)C=COC=C[C@H]2C1. The summed E-state index contributed by atoms with van der Waals surface area (Å²) in [4.78, 5) is 0. The highest BCUT2D eigenvalue weighted by Crippen LogP contribution is 2.48. The van der Waals surface area contributed by atoms with Crippen molar-refractivity contribution in [3.8, 4) is 0 Å². The van der Waals surface area contributed by atoms with Crippen molar-refractivity contribution in [3.05, 3.63) is 24.7 Å². The van der Waals surface area contributed by atoms with E-state index in [2.05, 4.69) is 19.1 Å². The van der Waals surface area contributed by atoms with Crippen molar-refractivity contribution >= 4 is 0 Å². The Balaban J connectivity index is 2.17. The Morgan fingerprint density at radius 1 is 1.38 bits per heavy atom. The summed E-state index contributed by atoms with van der Waals surface area (Å²) < 4.78 is 5.25. The average molecular weight is 222 g/mol. The molecule has 0 saturated heterocycles. The molecular formula is C14H22O2. The molecule has 0 bridgehead atoms. The molecule has 2 aliphatic rings. The van der Waals surface area contributed by atoms with Crippen molar-refractivity contribution in [2.24, 2.45) is 17.3 Å². The standard InChI is InChI=1S/C14H22O2/c1-13(2,15)11-4-6-14(3)7-9-16-8-5-12(14)10-11/h5,7-9,11-12,15H,4,6,10H2,1-3H3/t11-,12+,14+/m1/s1. The summed E-state index contributed by atoms with van der Waals surface area (Å²) in [6.07, 6.45) is 11.2. The van der Waals surface area contributed by atoms with Crippen LogP contribution in [0, 0.1) is 17.3 Å². The molecule has 0 spiro atoms. The third-order valence-corrected chi connectivity index (χ3v) is 4.33. The highest BCUT2D eigenvalue weighted by atomic mass is 16.5. The molecule has 1 aliphatic carbocycles. The molecule has 3 atom stereocenters. The van der Waals surface area contributed by atoms with Crippen molar-refractivity contribution in [2.45, 2.75) is 45.6 Å². The number of fused-ring (bicyclic) bond motifs is 1. The fraction of sp³-hybridized carbons (Fsp3) is 0.714. The molecule has 0 radical (unpaired) electrons. The van der Waals surface area contributed by atoms with Gasteiger partial charge in [-0.1, -0.05) is 6.92 Å². The maximum atomic E-state index is 10.1. The third-order valence-electron chi connectivity index (χ3n) is 4.33. The van der Waals surface area contributed by atoms with Crippen LogP contribution in [0.4, 0.5) is 0 Å². The van der Waals surface area contributed by atoms with Crippen LogP contribution in [0.25, 0.3) is 0 Å². The summed E-state index contributed by atoms with van der Waals surface area (Å²) in [6, 6.07) is 0. The van der Waals surface area contributed by atoms with Crippen molar-refractivity contribution in [2.75, 3.05) is 0 Å². The van der Waals surface area contributed by atoms with Gasteiger partial charge in [0, 0.05) is 0 Å². The Labute approximate surface area is 98.0 Å². The van der Waals surface area contributed by atoms with Gasteiger partial charge in [0.15, 0.2) is 0 Å². The Morgan fingerprint density at radius 3 is 2.81 bits per heavy atom. The van der Waals surface area contributed by atoms with Crippen LogP contribution in [-0.2, 0) is 4.74 Å². The van der Waals surface area contributed by atoms with Gasteiger partial charge in [0.1, 0.15) is 0 Å². The second-order valence-corrected chi connectivity index (χ2v) is 6.00. The molecule has 16 heavy (non-hydrogen) atoms. The first-order chi connectivity index (χ1) is 7.42. The van der Waals surface area contributed by atoms with Crippen molar-refractivity contribution in [1.29, 1.82) is 0 Å². The molecule has 2 rings (SSSR count). The van der Waals surface area contributed by atoms with E-state index < -0.39 is 5.60 Å². The van der Waals surface area contributed by atoms with Gasteiger partial charge in [-0.05, 0) is 62.5 Å². The van der Waals surface area contributed by atoms with E-state index in [-0.39, 0.29) is 5.41 Å². The number of hydrogen-bond acceptors (Lipinski definition) is 2. The van der Waals surface area contributed by atoms with Crippen molar-refractivity contribution in [3.63, 3.8) is 0 Å². The molecule has 1 N–H and O–H groups in total. The van der Waals surface area contributed by atoms with E-state index in [9.17, 15) is 5.11 Å². The molecule has 1 saturated carbocycles. The number of allylic oxidation sites excluding steroid dienone is 2. The summed E-state index contributed by atoms with van der Waals surface area (Å²) >= 11 is 0. The normalized spacial score (nSPS) is 38.8. The van der Waals surface area contributed by atoms with Gasteiger partial charge in [0.05, 0.1) is 18.1 Å². The fourth-order valence-electron chi connectivity index (χ4n) is 2.89. The molecule has 0 aromatic carbocycles. The lowest BCUT2D eigenvalue weighted by Crippen LogP contribution is -2.40. The first-order valence-electron chi connectivity index (χ1n) is 6.14. The lowest BCUT2D eigenvalue weighted by molar-refractivity contribution is -0.0228. The minimum atomic E-state index is -0.563. The molecule has 90 valence electrons. The van der Waals surface area contributed by atoms with Crippen LogP contribution in [0.15, 0.2) is 24.7 Å². The monoisotopic (exact) mass is 222 g/mol. The van der Waals surface area contributed by atoms with E-state index >= 15 is 0 Å². The minimum Gasteiger partial charge on any atom is -0.473 e. The van der Waals surface area contributed by atoms with Crippen LogP contribution in [0.3, 0.4) is 0 Å². The van der Waals surface area contributed by atoms with Crippen molar-refractivity contribution < 1.29 is 9.84 Å². The number of hydrogen-bond donors (Lipinski definition) is 1. The smallest absolute Gasteiger partial charge is 0.0867 e. The fourth-order valence-corrected chi connectivity index (χ4v) is 2.89. The highest BCUT2D eigenvalue weighted by Gasteiger charge is 2.41. The molecule has 2 heteroatoms. The highest BCUT2D eigenvalue weighted by molar-refractivity contribution is 5.10. The Bertz CT molecular complexity index is 311. The largest absolute Gasteiger partial charge is 0.473 e. The van der Waals surface area contributed by atoms with Crippen LogP contribution < -0.4 is 0 Å². The molecular weight excluding hydrogens is 200 g/mol. The van der Waals surface area contributed by atoms with Gasteiger partial charge in [-0.25, -0.2) is 0 Å². The number of ether oxygens (including phenoxy) is 1. The predicted octanol–water partition coefficient (Wildman–Crippen LogP) is 3.24. The zero-order valence-corrected chi connectivity index (χ0v) is 10.4. The van der Waals surface area contributed by atoms with E-state index in [1.165, 1.54) is 0 Å². The van der Waals surface area contributed by atoms with Gasteiger partial charge in [-0.15, -0.1) is 0 Å². The van der Waals surface area contributed by atoms with E-state index in [1.54, 1.807) is 12.5 Å². The van der Waals surface area contributed by atoms with Crippen LogP contribution >= 0.6 is 0 Å². The zero-order chi connectivity index (χ0) is 11.8. The maximum absolute atomic E-state index is 10.1. The predicted molar refractivity (Wildman–Crippen MR) is 64.6 cm³/mol. The first-order valence-corrected chi connectivity index (χ1v) is 6.14. The average Bonchev–Trinajstić information content (AvgIpc) is 2.36. The van der Waals surface area contributed by atoms with Gasteiger partial charge in [-0.2, -0.15) is 0 Å². The van der Waals surface area contributed by atoms with E-state index in [4.69, 9.17) is 4.74 Å². The molecule has 1 aliphatic heterocycles. The van der Waals surface area contributed by atoms with Gasteiger partial charge < -0.3 is 9.84 Å². The molecule has 0 amide bonds. The molecule has 1 fully saturated rings. The minimum absolute atomic E-state index is 0.203. The molecule has 0 aromatic heterocycles. The summed E-state index contributed by atoms with van der Waals surface area (Å²) in [5.74, 6) is 0.873. The zero-order valence-electron chi connectivity index (χ0n) is 10.4. The summed E-state index contributed by atoms with van der Waals surface area (Å²) in [6.45, 7) is 6.13. The van der Waals surface area contributed by atoms with Gasteiger partial charge >= 0.3 is 0 Å². The molecule has 0 unspecified atom stereocenters. The summed E-state index contributed by atoms with van der Waals surface area (Å²) in [5.41, 5.74) is -0.360. The van der Waals surface area contributed by atoms with Gasteiger partial charge in [0.2, 0.25) is 0 Å². The topological polar surface area (TPSA) is 29.5 Å². The van der Waals surface area contributed by atoms with Crippen LogP contribution in [0.2, 0.25) is 0 Å². The Morgan fingerprint density at radius 2 is 2.12 bits per heavy atom. The quantitative estimate of drug-likeness (QED) is 0.738. The van der Waals surface area contributed by atoms with Gasteiger partial charge in [-0.3, -0.25) is 0 Å². The molecule has 2 nitrogen and oxygen atoms in total. The summed E-state index contributed by atoms with van der Waals surface area (Å²) in [7, 11) is 0. The van der Waals surface area contributed by atoms with Gasteiger partial charge in [0.25, 0.3) is 0 Å². The first kappa shape index (κ1) is 11.7. The van der Waals surface area contributed by atoms with Crippen molar-refractivity contribution in [1.82, 2.24) is 0 Å². The Kier molecular flexibility index (Phi) is 2.87. The lowest BCUT2D eigenvalue weighted by atomic mass is 9.62. The third kappa shape index (κ3) is 2.17. The van der Waals surface area contributed by atoms with E-state index in [0.717, 1.165) is 19.3 Å². The number of aliphatic hydroxyl groups is 1. The summed E-state index contributed by atoms with van der Waals surface area (Å²) in [5, 5.41) is 10.1. The second-order valence-electron chi connectivity index (χ2n) is 6.00. The Hall–Kier alpha value is -0.760. The maximum Gasteiger partial charge on any atom is 0.0867 e.